The van der Waals surface area contributed by atoms with E-state index in [0.717, 1.165) is 36.3 Å². The largest absolute Gasteiger partial charge is 0.480 e. The van der Waals surface area contributed by atoms with Crippen LogP contribution in [0.1, 0.15) is 44.2 Å². The van der Waals surface area contributed by atoms with Crippen molar-refractivity contribution in [2.75, 3.05) is 0 Å². The molecule has 0 saturated heterocycles. The van der Waals surface area contributed by atoms with Crippen LogP contribution in [0.3, 0.4) is 0 Å². The molecule has 26 heavy (non-hydrogen) atoms. The normalized spacial score (nSPS) is 16.7. The summed E-state index contributed by atoms with van der Waals surface area (Å²) in [4.78, 5) is 28.8. The fourth-order valence-electron chi connectivity index (χ4n) is 3.35. The van der Waals surface area contributed by atoms with E-state index in [-0.39, 0.29) is 12.3 Å². The first-order valence-electron chi connectivity index (χ1n) is 8.74. The third-order valence-corrected chi connectivity index (χ3v) is 6.00. The predicted molar refractivity (Wildman–Crippen MR) is 102 cm³/mol. The summed E-state index contributed by atoms with van der Waals surface area (Å²) in [6, 6.07) is 7.42. The van der Waals surface area contributed by atoms with Crippen molar-refractivity contribution in [3.63, 3.8) is 0 Å². The van der Waals surface area contributed by atoms with Crippen LogP contribution in [-0.2, 0) is 16.0 Å². The zero-order valence-electron chi connectivity index (χ0n) is 14.3. The van der Waals surface area contributed by atoms with Crippen molar-refractivity contribution < 1.29 is 14.7 Å². The summed E-state index contributed by atoms with van der Waals surface area (Å²) in [6.07, 6.45) is 4.69. The Hall–Kier alpha value is -1.92. The molecular formula is C19H21ClN2O3S. The molecule has 1 aliphatic rings. The average molecular weight is 393 g/mol. The quantitative estimate of drug-likeness (QED) is 0.743. The molecular weight excluding hydrogens is 372 g/mol. The van der Waals surface area contributed by atoms with Gasteiger partial charge in [0.1, 0.15) is 10.5 Å². The Morgan fingerprint density at radius 2 is 1.88 bits per heavy atom. The molecule has 2 aromatic rings. The molecule has 0 aliphatic heterocycles. The molecule has 3 rings (SSSR count). The summed E-state index contributed by atoms with van der Waals surface area (Å²) in [5.74, 6) is -1.24. The van der Waals surface area contributed by atoms with Gasteiger partial charge in [-0.25, -0.2) is 9.78 Å². The molecule has 0 bridgehead atoms. The van der Waals surface area contributed by atoms with Crippen LogP contribution in [0.25, 0.3) is 10.6 Å². The van der Waals surface area contributed by atoms with E-state index in [2.05, 4.69) is 10.3 Å². The van der Waals surface area contributed by atoms with Gasteiger partial charge in [-0.3, -0.25) is 4.79 Å². The zero-order chi connectivity index (χ0) is 18.6. The number of benzene rings is 1. The van der Waals surface area contributed by atoms with E-state index in [0.29, 0.717) is 23.6 Å². The monoisotopic (exact) mass is 392 g/mol. The molecule has 1 aromatic carbocycles. The first kappa shape index (κ1) is 18.9. The first-order chi connectivity index (χ1) is 12.5. The molecule has 1 aliphatic carbocycles. The SMILES string of the molecule is O=C(Cc1csc(-c2ccccc2Cl)n1)NC1(C(=O)O)CCCCCC1. The lowest BCUT2D eigenvalue weighted by Gasteiger charge is -2.29. The highest BCUT2D eigenvalue weighted by Crippen LogP contribution is 2.31. The number of carboxylic acid groups (broad SMARTS) is 1. The van der Waals surface area contributed by atoms with Crippen LogP contribution < -0.4 is 5.32 Å². The lowest BCUT2D eigenvalue weighted by atomic mass is 9.90. The molecule has 1 fully saturated rings. The number of aliphatic carboxylic acids is 1. The number of nitrogens with one attached hydrogen (secondary N) is 1. The van der Waals surface area contributed by atoms with Crippen molar-refractivity contribution >= 4 is 34.8 Å². The van der Waals surface area contributed by atoms with E-state index in [4.69, 9.17) is 11.6 Å². The molecule has 7 heteroatoms. The van der Waals surface area contributed by atoms with Gasteiger partial charge in [0, 0.05) is 10.9 Å². The number of carboxylic acids is 1. The predicted octanol–water partition coefficient (Wildman–Crippen LogP) is 4.30. The smallest absolute Gasteiger partial charge is 0.329 e. The third-order valence-electron chi connectivity index (χ3n) is 4.74. The van der Waals surface area contributed by atoms with Crippen molar-refractivity contribution in [1.29, 1.82) is 0 Å². The molecule has 0 spiro atoms. The Kier molecular flexibility index (Phi) is 5.94. The number of halogens is 1. The molecule has 0 unspecified atom stereocenters. The van der Waals surface area contributed by atoms with E-state index in [1.807, 2.05) is 23.6 Å². The van der Waals surface area contributed by atoms with Gasteiger partial charge in [0.05, 0.1) is 17.1 Å². The van der Waals surface area contributed by atoms with Crippen molar-refractivity contribution in [3.05, 3.63) is 40.4 Å². The maximum atomic E-state index is 12.5. The number of nitrogens with zero attached hydrogens (tertiary/aromatic N) is 1. The number of carbonyl (C=O) groups is 2. The van der Waals surface area contributed by atoms with Crippen LogP contribution in [-0.4, -0.2) is 27.5 Å². The van der Waals surface area contributed by atoms with Crippen LogP contribution in [0.15, 0.2) is 29.6 Å². The molecule has 2 N–H and O–H groups in total. The molecule has 0 radical (unpaired) electrons. The second kappa shape index (κ2) is 8.18. The topological polar surface area (TPSA) is 79.3 Å². The first-order valence-corrected chi connectivity index (χ1v) is 10.00. The Morgan fingerprint density at radius 1 is 1.19 bits per heavy atom. The van der Waals surface area contributed by atoms with Gasteiger partial charge in [0.25, 0.3) is 0 Å². The Morgan fingerprint density at radius 3 is 2.54 bits per heavy atom. The molecule has 1 heterocycles. The van der Waals surface area contributed by atoms with Crippen molar-refractivity contribution in [3.8, 4) is 10.6 Å². The van der Waals surface area contributed by atoms with Crippen molar-refractivity contribution in [2.45, 2.75) is 50.5 Å². The molecule has 5 nitrogen and oxygen atoms in total. The Labute approximate surface area is 161 Å². The van der Waals surface area contributed by atoms with Gasteiger partial charge in [0.2, 0.25) is 5.91 Å². The van der Waals surface area contributed by atoms with E-state index in [1.54, 1.807) is 6.07 Å². The van der Waals surface area contributed by atoms with E-state index in [1.165, 1.54) is 11.3 Å². The second-order valence-corrected chi connectivity index (χ2v) is 7.92. The summed E-state index contributed by atoms with van der Waals surface area (Å²) < 4.78 is 0. The van der Waals surface area contributed by atoms with Crippen LogP contribution in [0.2, 0.25) is 5.02 Å². The van der Waals surface area contributed by atoms with Gasteiger partial charge in [-0.2, -0.15) is 0 Å². The van der Waals surface area contributed by atoms with Crippen molar-refractivity contribution in [2.24, 2.45) is 0 Å². The van der Waals surface area contributed by atoms with E-state index in [9.17, 15) is 14.7 Å². The highest BCUT2D eigenvalue weighted by Gasteiger charge is 2.40. The fourth-order valence-corrected chi connectivity index (χ4v) is 4.49. The minimum Gasteiger partial charge on any atom is -0.480 e. The van der Waals surface area contributed by atoms with E-state index >= 15 is 0 Å². The standard InChI is InChI=1S/C19H21ClN2O3S/c20-15-8-4-3-7-14(15)17-21-13(12-26-17)11-16(23)22-19(18(24)25)9-5-1-2-6-10-19/h3-4,7-8,12H,1-2,5-6,9-11H2,(H,22,23)(H,24,25). The van der Waals surface area contributed by atoms with Crippen LogP contribution in [0.4, 0.5) is 0 Å². The zero-order valence-corrected chi connectivity index (χ0v) is 15.9. The number of hydrogen-bond donors (Lipinski definition) is 2. The molecule has 0 atom stereocenters. The lowest BCUT2D eigenvalue weighted by molar-refractivity contribution is -0.148. The number of carbonyl (C=O) groups excluding carboxylic acids is 1. The number of thiazole rings is 1. The number of aromatic nitrogens is 1. The van der Waals surface area contributed by atoms with Gasteiger partial charge < -0.3 is 10.4 Å². The second-order valence-electron chi connectivity index (χ2n) is 6.65. The molecule has 1 saturated carbocycles. The Bertz CT molecular complexity index is 798. The van der Waals surface area contributed by atoms with Crippen molar-refractivity contribution in [1.82, 2.24) is 10.3 Å². The summed E-state index contributed by atoms with van der Waals surface area (Å²) in [5.41, 5.74) is 0.308. The summed E-state index contributed by atoms with van der Waals surface area (Å²) >= 11 is 7.61. The number of hydrogen-bond acceptors (Lipinski definition) is 4. The van der Waals surface area contributed by atoms with Gasteiger partial charge in [-0.1, -0.05) is 55.5 Å². The van der Waals surface area contributed by atoms with Gasteiger partial charge >= 0.3 is 5.97 Å². The maximum absolute atomic E-state index is 12.5. The number of amides is 1. The third kappa shape index (κ3) is 4.24. The molecule has 138 valence electrons. The van der Waals surface area contributed by atoms with Crippen LogP contribution in [0, 0.1) is 0 Å². The minimum atomic E-state index is -1.14. The molecule has 1 aromatic heterocycles. The van der Waals surface area contributed by atoms with E-state index < -0.39 is 11.5 Å². The van der Waals surface area contributed by atoms with Gasteiger partial charge in [0.15, 0.2) is 0 Å². The van der Waals surface area contributed by atoms with Gasteiger partial charge in [-0.15, -0.1) is 11.3 Å². The summed E-state index contributed by atoms with van der Waals surface area (Å²) in [7, 11) is 0. The highest BCUT2D eigenvalue weighted by atomic mass is 35.5. The highest BCUT2D eigenvalue weighted by molar-refractivity contribution is 7.13. The Balaban J connectivity index is 1.70. The molecule has 1 amide bonds. The maximum Gasteiger partial charge on any atom is 0.329 e. The fraction of sp³-hybridized carbons (Fsp3) is 0.421. The summed E-state index contributed by atoms with van der Waals surface area (Å²) in [6.45, 7) is 0. The van der Waals surface area contributed by atoms with Crippen LogP contribution >= 0.6 is 22.9 Å². The number of rotatable bonds is 5. The van der Waals surface area contributed by atoms with Crippen LogP contribution in [0.5, 0.6) is 0 Å². The minimum absolute atomic E-state index is 0.0655. The average Bonchev–Trinajstić information content (AvgIpc) is 2.92. The summed E-state index contributed by atoms with van der Waals surface area (Å²) in [5, 5.41) is 15.6. The lowest BCUT2D eigenvalue weighted by Crippen LogP contribution is -2.54. The van der Waals surface area contributed by atoms with Gasteiger partial charge in [-0.05, 0) is 18.9 Å².